The predicted molar refractivity (Wildman–Crippen MR) is 77.1 cm³/mol. The summed E-state index contributed by atoms with van der Waals surface area (Å²) in [6.07, 6.45) is -0.795. The van der Waals surface area contributed by atoms with Crippen molar-refractivity contribution in [2.75, 3.05) is 0 Å². The number of H-pyrrole nitrogens is 1. The zero-order valence-electron chi connectivity index (χ0n) is 10.7. The molecule has 4 nitrogen and oxygen atoms in total. The maximum atomic E-state index is 11.1. The number of aromatic nitrogens is 1. The third kappa shape index (κ3) is 2.24. The van der Waals surface area contributed by atoms with E-state index < -0.39 is 11.9 Å². The van der Waals surface area contributed by atoms with E-state index >= 15 is 0 Å². The number of benzene rings is 2. The van der Waals surface area contributed by atoms with Crippen molar-refractivity contribution in [3.63, 3.8) is 0 Å². The Morgan fingerprint density at radius 2 is 2.05 bits per heavy atom. The first-order valence-electron chi connectivity index (χ1n) is 6.11. The van der Waals surface area contributed by atoms with Gasteiger partial charge in [-0.15, -0.1) is 0 Å². The monoisotopic (exact) mass is 289 g/mol. The Balaban J connectivity index is 2.06. The smallest absolute Gasteiger partial charge is 0.408 e. The molecule has 0 aliphatic heterocycles. The Kier molecular flexibility index (Phi) is 3.12. The summed E-state index contributed by atoms with van der Waals surface area (Å²) in [5.41, 5.74) is 3.37. The fourth-order valence-corrected chi connectivity index (χ4v) is 2.48. The summed E-state index contributed by atoms with van der Waals surface area (Å²) in [4.78, 5) is 13.7. The van der Waals surface area contributed by atoms with Crippen molar-refractivity contribution in [2.24, 2.45) is 0 Å². The Bertz CT molecular complexity index is 834. The van der Waals surface area contributed by atoms with Gasteiger partial charge in [0.05, 0.1) is 5.52 Å². The van der Waals surface area contributed by atoms with Crippen molar-refractivity contribution in [3.8, 4) is 0 Å². The minimum Gasteiger partial charge on any atom is -0.408 e. The largest absolute Gasteiger partial charge is 0.417 e. The van der Waals surface area contributed by atoms with Gasteiger partial charge in [0.1, 0.15) is 6.10 Å². The van der Waals surface area contributed by atoms with Gasteiger partial charge in [0, 0.05) is 5.02 Å². The third-order valence-corrected chi connectivity index (χ3v) is 3.52. The summed E-state index contributed by atoms with van der Waals surface area (Å²) in [6, 6.07) is 10.5. The van der Waals surface area contributed by atoms with E-state index in [4.69, 9.17) is 16.0 Å². The van der Waals surface area contributed by atoms with Crippen LogP contribution in [0.3, 0.4) is 0 Å². The maximum absolute atomic E-state index is 11.1. The van der Waals surface area contributed by atoms with Gasteiger partial charge in [0.15, 0.2) is 5.58 Å². The first kappa shape index (κ1) is 13.0. The van der Waals surface area contributed by atoms with E-state index in [1.54, 1.807) is 36.4 Å². The molecule has 1 heterocycles. The fraction of sp³-hybridized carbons (Fsp3) is 0.133. The molecule has 3 rings (SSSR count). The van der Waals surface area contributed by atoms with E-state index in [1.807, 2.05) is 6.92 Å². The lowest BCUT2D eigenvalue weighted by molar-refractivity contribution is 0.219. The minimum atomic E-state index is -0.795. The van der Waals surface area contributed by atoms with Crippen LogP contribution in [0.2, 0.25) is 5.02 Å². The van der Waals surface area contributed by atoms with Gasteiger partial charge in [-0.1, -0.05) is 23.7 Å². The number of rotatable bonds is 2. The zero-order valence-corrected chi connectivity index (χ0v) is 11.4. The van der Waals surface area contributed by atoms with E-state index in [1.165, 1.54) is 0 Å². The zero-order chi connectivity index (χ0) is 14.3. The number of aromatic amines is 1. The van der Waals surface area contributed by atoms with Crippen LogP contribution in [0.15, 0.2) is 45.6 Å². The second kappa shape index (κ2) is 4.81. The molecule has 5 heteroatoms. The lowest BCUT2D eigenvalue weighted by Crippen LogP contribution is -2.01. The quantitative estimate of drug-likeness (QED) is 0.761. The summed E-state index contributed by atoms with van der Waals surface area (Å²) >= 11 is 5.91. The third-order valence-electron chi connectivity index (χ3n) is 3.29. The highest BCUT2D eigenvalue weighted by molar-refractivity contribution is 6.30. The van der Waals surface area contributed by atoms with Crippen LogP contribution in [0, 0.1) is 6.92 Å². The first-order chi connectivity index (χ1) is 9.54. The summed E-state index contributed by atoms with van der Waals surface area (Å²) in [7, 11) is 0. The molecule has 1 unspecified atom stereocenters. The van der Waals surface area contributed by atoms with Crippen molar-refractivity contribution >= 4 is 22.7 Å². The average Bonchev–Trinajstić information content (AvgIpc) is 2.77. The van der Waals surface area contributed by atoms with Gasteiger partial charge < -0.3 is 9.52 Å². The lowest BCUT2D eigenvalue weighted by Gasteiger charge is -2.14. The summed E-state index contributed by atoms with van der Waals surface area (Å²) in [5, 5.41) is 11.1. The Morgan fingerprint density at radius 1 is 1.25 bits per heavy atom. The summed E-state index contributed by atoms with van der Waals surface area (Å²) in [5.74, 6) is -0.505. The van der Waals surface area contributed by atoms with Gasteiger partial charge in [-0.3, -0.25) is 4.98 Å². The van der Waals surface area contributed by atoms with Gasteiger partial charge in [0.25, 0.3) is 0 Å². The minimum absolute atomic E-state index is 0.429. The number of fused-ring (bicyclic) bond motifs is 1. The van der Waals surface area contributed by atoms with Crippen LogP contribution in [0.1, 0.15) is 22.8 Å². The molecular formula is C15H12ClNO3. The fourth-order valence-electron chi connectivity index (χ4n) is 2.26. The van der Waals surface area contributed by atoms with Crippen molar-refractivity contribution in [3.05, 3.63) is 68.7 Å². The Hall–Kier alpha value is -2.04. The molecule has 2 N–H and O–H groups in total. The van der Waals surface area contributed by atoms with E-state index in [9.17, 15) is 9.90 Å². The Labute approximate surface area is 119 Å². The van der Waals surface area contributed by atoms with Crippen LogP contribution < -0.4 is 5.76 Å². The number of hydrogen-bond donors (Lipinski definition) is 2. The molecule has 102 valence electrons. The van der Waals surface area contributed by atoms with Gasteiger partial charge in [-0.25, -0.2) is 4.79 Å². The summed E-state index contributed by atoms with van der Waals surface area (Å²) in [6.45, 7) is 1.89. The van der Waals surface area contributed by atoms with E-state index in [-0.39, 0.29) is 0 Å². The molecule has 2 aromatic carbocycles. The molecule has 0 radical (unpaired) electrons. The highest BCUT2D eigenvalue weighted by Crippen LogP contribution is 2.28. The van der Waals surface area contributed by atoms with Crippen LogP contribution in [0.5, 0.6) is 0 Å². The molecule has 0 saturated heterocycles. The summed E-state index contributed by atoms with van der Waals surface area (Å²) < 4.78 is 5.00. The van der Waals surface area contributed by atoms with Crippen molar-refractivity contribution in [1.29, 1.82) is 0 Å². The highest BCUT2D eigenvalue weighted by atomic mass is 35.5. The number of aliphatic hydroxyl groups is 1. The van der Waals surface area contributed by atoms with Crippen molar-refractivity contribution < 1.29 is 9.52 Å². The number of nitrogens with one attached hydrogen (secondary N) is 1. The number of aryl methyl sites for hydroxylation is 1. The molecule has 0 spiro atoms. The SMILES string of the molecule is Cc1cc(Cl)ccc1C(O)c1ccc2[nH]c(=O)oc2c1. The lowest BCUT2D eigenvalue weighted by atomic mass is 9.97. The van der Waals surface area contributed by atoms with Crippen LogP contribution in [-0.4, -0.2) is 10.1 Å². The van der Waals surface area contributed by atoms with Gasteiger partial charge in [-0.05, 0) is 47.9 Å². The molecule has 3 aromatic rings. The molecule has 0 amide bonds. The second-order valence-electron chi connectivity index (χ2n) is 4.67. The number of hydrogen-bond acceptors (Lipinski definition) is 3. The van der Waals surface area contributed by atoms with Crippen LogP contribution >= 0.6 is 11.6 Å². The standard InChI is InChI=1S/C15H12ClNO3/c1-8-6-10(16)3-4-11(8)14(18)9-2-5-12-13(7-9)20-15(19)17-12/h2-7,14,18H,1H3,(H,17,19). The maximum Gasteiger partial charge on any atom is 0.417 e. The van der Waals surface area contributed by atoms with E-state index in [0.717, 1.165) is 11.1 Å². The van der Waals surface area contributed by atoms with Crippen LogP contribution in [-0.2, 0) is 0 Å². The molecular weight excluding hydrogens is 278 g/mol. The predicted octanol–water partition coefficient (Wildman–Crippen LogP) is 3.16. The number of halogens is 1. The van der Waals surface area contributed by atoms with Crippen molar-refractivity contribution in [2.45, 2.75) is 13.0 Å². The number of aliphatic hydroxyl groups excluding tert-OH is 1. The van der Waals surface area contributed by atoms with Crippen LogP contribution in [0.4, 0.5) is 0 Å². The number of oxazole rings is 1. The topological polar surface area (TPSA) is 66.2 Å². The molecule has 0 fully saturated rings. The highest BCUT2D eigenvalue weighted by Gasteiger charge is 2.14. The Morgan fingerprint density at radius 3 is 2.80 bits per heavy atom. The van der Waals surface area contributed by atoms with E-state index in [0.29, 0.717) is 21.7 Å². The van der Waals surface area contributed by atoms with Gasteiger partial charge >= 0.3 is 5.76 Å². The molecule has 1 atom stereocenters. The second-order valence-corrected chi connectivity index (χ2v) is 5.11. The van der Waals surface area contributed by atoms with E-state index in [2.05, 4.69) is 4.98 Å². The van der Waals surface area contributed by atoms with Gasteiger partial charge in [0.2, 0.25) is 0 Å². The van der Waals surface area contributed by atoms with Gasteiger partial charge in [-0.2, -0.15) is 0 Å². The molecule has 0 saturated carbocycles. The molecule has 1 aromatic heterocycles. The average molecular weight is 290 g/mol. The normalized spacial score (nSPS) is 12.8. The molecule has 0 aliphatic carbocycles. The first-order valence-corrected chi connectivity index (χ1v) is 6.49. The molecule has 20 heavy (non-hydrogen) atoms. The van der Waals surface area contributed by atoms with Crippen LogP contribution in [0.25, 0.3) is 11.1 Å². The molecule has 0 bridgehead atoms. The van der Waals surface area contributed by atoms with Crippen molar-refractivity contribution in [1.82, 2.24) is 4.98 Å². The molecule has 0 aliphatic rings.